The molecule has 1 aliphatic rings. The lowest BCUT2D eigenvalue weighted by atomic mass is 9.78. The van der Waals surface area contributed by atoms with E-state index in [2.05, 4.69) is 38.0 Å². The molecule has 1 saturated carbocycles. The van der Waals surface area contributed by atoms with E-state index in [-0.39, 0.29) is 29.8 Å². The van der Waals surface area contributed by atoms with Gasteiger partial charge in [0.05, 0.1) is 17.9 Å². The second kappa shape index (κ2) is 12.3. The van der Waals surface area contributed by atoms with Crippen molar-refractivity contribution in [3.05, 3.63) is 0 Å². The van der Waals surface area contributed by atoms with E-state index in [9.17, 15) is 9.59 Å². The summed E-state index contributed by atoms with van der Waals surface area (Å²) in [6.45, 7) is 7.17. The van der Waals surface area contributed by atoms with Gasteiger partial charge < -0.3 is 19.4 Å². The SMILES string of the molecule is CC(C)OC(=O)C1CCCCC1C(=O)N(CCCN(C)C)CCCN(C)C. The molecule has 1 rings (SSSR count). The number of amides is 1. The zero-order valence-corrected chi connectivity index (χ0v) is 18.4. The van der Waals surface area contributed by atoms with Crippen LogP contribution in [-0.4, -0.2) is 87.0 Å². The number of carbonyl (C=O) groups excluding carboxylic acids is 2. The van der Waals surface area contributed by atoms with Crippen LogP contribution in [-0.2, 0) is 14.3 Å². The van der Waals surface area contributed by atoms with Gasteiger partial charge in [-0.1, -0.05) is 12.8 Å². The molecule has 0 bridgehead atoms. The monoisotopic (exact) mass is 383 g/mol. The van der Waals surface area contributed by atoms with Crippen LogP contribution in [0, 0.1) is 11.8 Å². The Morgan fingerprint density at radius 2 is 1.33 bits per heavy atom. The summed E-state index contributed by atoms with van der Waals surface area (Å²) in [6, 6.07) is 0. The van der Waals surface area contributed by atoms with Gasteiger partial charge in [0.25, 0.3) is 0 Å². The lowest BCUT2D eigenvalue weighted by Crippen LogP contribution is -2.44. The Kier molecular flexibility index (Phi) is 10.9. The molecule has 0 spiro atoms. The van der Waals surface area contributed by atoms with Crippen LogP contribution in [0.25, 0.3) is 0 Å². The fourth-order valence-electron chi connectivity index (χ4n) is 3.75. The van der Waals surface area contributed by atoms with E-state index in [1.54, 1.807) is 0 Å². The van der Waals surface area contributed by atoms with Crippen molar-refractivity contribution in [1.82, 2.24) is 14.7 Å². The van der Waals surface area contributed by atoms with E-state index in [4.69, 9.17) is 4.74 Å². The van der Waals surface area contributed by atoms with Crippen molar-refractivity contribution in [2.75, 3.05) is 54.4 Å². The van der Waals surface area contributed by atoms with Crippen molar-refractivity contribution in [2.24, 2.45) is 11.8 Å². The fourth-order valence-corrected chi connectivity index (χ4v) is 3.75. The second-order valence-corrected chi connectivity index (χ2v) is 8.62. The Hall–Kier alpha value is -1.14. The van der Waals surface area contributed by atoms with Crippen LogP contribution in [0.4, 0.5) is 0 Å². The zero-order chi connectivity index (χ0) is 20.4. The molecule has 158 valence electrons. The molecule has 0 aromatic rings. The van der Waals surface area contributed by atoms with Gasteiger partial charge in [0.2, 0.25) is 5.91 Å². The predicted molar refractivity (Wildman–Crippen MR) is 110 cm³/mol. The summed E-state index contributed by atoms with van der Waals surface area (Å²) < 4.78 is 5.45. The van der Waals surface area contributed by atoms with Gasteiger partial charge >= 0.3 is 5.97 Å². The van der Waals surface area contributed by atoms with Gasteiger partial charge in [-0.3, -0.25) is 9.59 Å². The van der Waals surface area contributed by atoms with Crippen LogP contribution < -0.4 is 0 Å². The summed E-state index contributed by atoms with van der Waals surface area (Å²) in [5.74, 6) is -0.537. The number of rotatable bonds is 11. The standard InChI is InChI=1S/C21H41N3O3/c1-17(2)27-21(26)19-12-8-7-11-18(19)20(25)24(15-9-13-22(3)4)16-10-14-23(5)6/h17-19H,7-16H2,1-6H3. The molecule has 27 heavy (non-hydrogen) atoms. The largest absolute Gasteiger partial charge is 0.463 e. The molecular weight excluding hydrogens is 342 g/mol. The number of carbonyl (C=O) groups is 2. The Labute approximate surface area is 166 Å². The first-order chi connectivity index (χ1) is 12.7. The maximum atomic E-state index is 13.3. The van der Waals surface area contributed by atoms with Gasteiger partial charge in [0.1, 0.15) is 0 Å². The predicted octanol–water partition coefficient (Wildman–Crippen LogP) is 2.48. The average Bonchev–Trinajstić information content (AvgIpc) is 2.58. The van der Waals surface area contributed by atoms with Crippen molar-refractivity contribution < 1.29 is 14.3 Å². The molecule has 0 radical (unpaired) electrons. The van der Waals surface area contributed by atoms with Gasteiger partial charge in [-0.05, 0) is 80.8 Å². The van der Waals surface area contributed by atoms with E-state index < -0.39 is 0 Å². The van der Waals surface area contributed by atoms with Crippen molar-refractivity contribution in [2.45, 2.75) is 58.5 Å². The molecule has 0 aromatic carbocycles. The molecule has 2 atom stereocenters. The molecule has 0 saturated heterocycles. The molecular formula is C21H41N3O3. The molecule has 0 heterocycles. The minimum atomic E-state index is -0.279. The normalized spacial score (nSPS) is 20.3. The van der Waals surface area contributed by atoms with Crippen molar-refractivity contribution in [3.8, 4) is 0 Å². The number of nitrogens with zero attached hydrogens (tertiary/aromatic N) is 3. The molecule has 0 N–H and O–H groups in total. The average molecular weight is 384 g/mol. The highest BCUT2D eigenvalue weighted by Crippen LogP contribution is 2.33. The van der Waals surface area contributed by atoms with E-state index in [1.807, 2.05) is 18.7 Å². The quantitative estimate of drug-likeness (QED) is 0.513. The Balaban J connectivity index is 2.79. The van der Waals surface area contributed by atoms with Crippen LogP contribution >= 0.6 is 0 Å². The molecule has 1 amide bonds. The van der Waals surface area contributed by atoms with E-state index in [0.29, 0.717) is 0 Å². The first-order valence-corrected chi connectivity index (χ1v) is 10.5. The Morgan fingerprint density at radius 3 is 1.78 bits per heavy atom. The summed E-state index contributed by atoms with van der Waals surface area (Å²) in [7, 11) is 8.21. The van der Waals surface area contributed by atoms with Crippen LogP contribution in [0.3, 0.4) is 0 Å². The summed E-state index contributed by atoms with van der Waals surface area (Å²) >= 11 is 0. The third-order valence-corrected chi connectivity index (χ3v) is 5.12. The summed E-state index contributed by atoms with van der Waals surface area (Å²) in [5.41, 5.74) is 0. The number of hydrogen-bond acceptors (Lipinski definition) is 5. The van der Waals surface area contributed by atoms with Crippen LogP contribution in [0.1, 0.15) is 52.4 Å². The van der Waals surface area contributed by atoms with Gasteiger partial charge in [0.15, 0.2) is 0 Å². The van der Waals surface area contributed by atoms with Gasteiger partial charge in [0, 0.05) is 13.1 Å². The molecule has 0 aliphatic heterocycles. The zero-order valence-electron chi connectivity index (χ0n) is 18.4. The fraction of sp³-hybridized carbons (Fsp3) is 0.905. The summed E-state index contributed by atoms with van der Waals surface area (Å²) in [6.07, 6.45) is 5.36. The highest BCUT2D eigenvalue weighted by Gasteiger charge is 2.38. The number of esters is 1. The smallest absolute Gasteiger partial charge is 0.309 e. The van der Waals surface area contributed by atoms with E-state index >= 15 is 0 Å². The van der Waals surface area contributed by atoms with Crippen LogP contribution in [0.2, 0.25) is 0 Å². The lowest BCUT2D eigenvalue weighted by molar-refractivity contribution is -0.160. The highest BCUT2D eigenvalue weighted by molar-refractivity contribution is 5.85. The maximum Gasteiger partial charge on any atom is 0.309 e. The van der Waals surface area contributed by atoms with Crippen molar-refractivity contribution >= 4 is 11.9 Å². The molecule has 1 fully saturated rings. The molecule has 1 aliphatic carbocycles. The van der Waals surface area contributed by atoms with Crippen molar-refractivity contribution in [3.63, 3.8) is 0 Å². The Bertz CT molecular complexity index is 438. The minimum absolute atomic E-state index is 0.133. The molecule has 0 aromatic heterocycles. The molecule has 6 heteroatoms. The summed E-state index contributed by atoms with van der Waals surface area (Å²) in [5, 5.41) is 0. The molecule has 6 nitrogen and oxygen atoms in total. The first-order valence-electron chi connectivity index (χ1n) is 10.5. The highest BCUT2D eigenvalue weighted by atomic mass is 16.5. The van der Waals surface area contributed by atoms with Crippen LogP contribution in [0.5, 0.6) is 0 Å². The first kappa shape index (κ1) is 23.9. The minimum Gasteiger partial charge on any atom is -0.463 e. The number of hydrogen-bond donors (Lipinski definition) is 0. The van der Waals surface area contributed by atoms with Gasteiger partial charge in [-0.25, -0.2) is 0 Å². The second-order valence-electron chi connectivity index (χ2n) is 8.62. The third kappa shape index (κ3) is 9.06. The van der Waals surface area contributed by atoms with Crippen LogP contribution in [0.15, 0.2) is 0 Å². The molecule has 2 unspecified atom stereocenters. The number of ether oxygens (including phenoxy) is 1. The van der Waals surface area contributed by atoms with E-state index in [1.165, 1.54) is 0 Å². The maximum absolute atomic E-state index is 13.3. The van der Waals surface area contributed by atoms with E-state index in [0.717, 1.165) is 64.7 Å². The van der Waals surface area contributed by atoms with Crippen molar-refractivity contribution in [1.29, 1.82) is 0 Å². The topological polar surface area (TPSA) is 53.1 Å². The van der Waals surface area contributed by atoms with Gasteiger partial charge in [-0.15, -0.1) is 0 Å². The third-order valence-electron chi connectivity index (χ3n) is 5.12. The van der Waals surface area contributed by atoms with Gasteiger partial charge in [-0.2, -0.15) is 0 Å². The summed E-state index contributed by atoms with van der Waals surface area (Å²) in [4.78, 5) is 32.2. The Morgan fingerprint density at radius 1 is 0.852 bits per heavy atom. The lowest BCUT2D eigenvalue weighted by Gasteiger charge is -2.34.